The summed E-state index contributed by atoms with van der Waals surface area (Å²) in [6.45, 7) is 1.28. The highest BCUT2D eigenvalue weighted by atomic mass is 16.5. The molecule has 3 N–H and O–H groups in total. The van der Waals surface area contributed by atoms with Crippen LogP contribution in [0, 0.1) is 23.2 Å². The van der Waals surface area contributed by atoms with Crippen molar-refractivity contribution in [3.05, 3.63) is 0 Å². The molecular formula is C16H28N2O3. The van der Waals surface area contributed by atoms with Gasteiger partial charge in [-0.25, -0.2) is 4.79 Å². The molecule has 0 radical (unpaired) electrons. The van der Waals surface area contributed by atoms with Gasteiger partial charge in [0.15, 0.2) is 0 Å². The van der Waals surface area contributed by atoms with Gasteiger partial charge >= 0.3 is 6.03 Å². The van der Waals surface area contributed by atoms with Crippen LogP contribution in [0.2, 0.25) is 0 Å². The van der Waals surface area contributed by atoms with Crippen molar-refractivity contribution in [3.63, 3.8) is 0 Å². The number of aliphatic hydroxyl groups excluding tert-OH is 1. The molecule has 1 atom stereocenters. The van der Waals surface area contributed by atoms with E-state index in [4.69, 9.17) is 4.74 Å². The molecule has 4 rings (SSSR count). The molecule has 0 aromatic carbocycles. The van der Waals surface area contributed by atoms with Crippen LogP contribution in [0.1, 0.15) is 38.5 Å². The van der Waals surface area contributed by atoms with Crippen molar-refractivity contribution in [2.45, 2.75) is 44.6 Å². The Morgan fingerprint density at radius 2 is 1.76 bits per heavy atom. The van der Waals surface area contributed by atoms with Gasteiger partial charge < -0.3 is 20.5 Å². The third-order valence-corrected chi connectivity index (χ3v) is 5.65. The van der Waals surface area contributed by atoms with Gasteiger partial charge in [-0.2, -0.15) is 0 Å². The second kappa shape index (κ2) is 6.13. The van der Waals surface area contributed by atoms with Crippen LogP contribution in [-0.4, -0.2) is 44.0 Å². The zero-order valence-corrected chi connectivity index (χ0v) is 12.9. The number of rotatable bonds is 6. The summed E-state index contributed by atoms with van der Waals surface area (Å²) in [6.07, 6.45) is 7.53. The summed E-state index contributed by atoms with van der Waals surface area (Å²) < 4.78 is 4.84. The molecule has 4 aliphatic carbocycles. The van der Waals surface area contributed by atoms with E-state index in [1.54, 1.807) is 0 Å². The molecule has 0 saturated heterocycles. The number of amides is 2. The molecule has 5 nitrogen and oxygen atoms in total. The van der Waals surface area contributed by atoms with Gasteiger partial charge in [-0.3, -0.25) is 0 Å². The van der Waals surface area contributed by atoms with Gasteiger partial charge in [-0.05, 0) is 61.7 Å². The van der Waals surface area contributed by atoms with Crippen molar-refractivity contribution in [1.29, 1.82) is 0 Å². The molecule has 0 aromatic heterocycles. The van der Waals surface area contributed by atoms with Gasteiger partial charge in [-0.15, -0.1) is 0 Å². The second-order valence-corrected chi connectivity index (χ2v) is 7.59. The minimum atomic E-state index is -0.639. The Labute approximate surface area is 126 Å². The fourth-order valence-electron chi connectivity index (χ4n) is 5.30. The zero-order valence-electron chi connectivity index (χ0n) is 12.9. The van der Waals surface area contributed by atoms with E-state index in [0.29, 0.717) is 5.41 Å². The molecule has 1 unspecified atom stereocenters. The average molecular weight is 296 g/mol. The molecule has 0 spiro atoms. The largest absolute Gasteiger partial charge is 0.389 e. The van der Waals surface area contributed by atoms with E-state index < -0.39 is 6.10 Å². The Kier molecular flexibility index (Phi) is 4.41. The van der Waals surface area contributed by atoms with E-state index in [-0.39, 0.29) is 19.2 Å². The second-order valence-electron chi connectivity index (χ2n) is 7.59. The lowest BCUT2D eigenvalue weighted by Crippen LogP contribution is -2.52. The summed E-state index contributed by atoms with van der Waals surface area (Å²) in [7, 11) is 1.54. The number of carbonyl (C=O) groups excluding carboxylic acids is 1. The molecule has 4 bridgehead atoms. The Hall–Kier alpha value is -0.810. The monoisotopic (exact) mass is 296 g/mol. The molecule has 2 amide bonds. The molecule has 21 heavy (non-hydrogen) atoms. The summed E-state index contributed by atoms with van der Waals surface area (Å²) >= 11 is 0. The summed E-state index contributed by atoms with van der Waals surface area (Å²) in [4.78, 5) is 11.9. The number of hydrogen-bond donors (Lipinski definition) is 3. The first-order valence-electron chi connectivity index (χ1n) is 8.27. The number of hydrogen-bond acceptors (Lipinski definition) is 3. The highest BCUT2D eigenvalue weighted by molar-refractivity contribution is 5.73. The van der Waals surface area contributed by atoms with Gasteiger partial charge in [0.1, 0.15) is 0 Å². The zero-order chi connectivity index (χ0) is 14.9. The van der Waals surface area contributed by atoms with Crippen molar-refractivity contribution < 1.29 is 14.6 Å². The van der Waals surface area contributed by atoms with E-state index in [0.717, 1.165) is 24.3 Å². The Morgan fingerprint density at radius 1 is 1.19 bits per heavy atom. The summed E-state index contributed by atoms with van der Waals surface area (Å²) in [6, 6.07) is -0.166. The lowest BCUT2D eigenvalue weighted by atomic mass is 9.49. The van der Waals surface area contributed by atoms with Crippen LogP contribution < -0.4 is 10.6 Å². The lowest BCUT2D eigenvalue weighted by molar-refractivity contribution is -0.0498. The first-order chi connectivity index (χ1) is 10.1. The lowest BCUT2D eigenvalue weighted by Gasteiger charge is -2.56. The van der Waals surface area contributed by atoms with Crippen LogP contribution in [0.4, 0.5) is 4.79 Å². The van der Waals surface area contributed by atoms with E-state index in [1.165, 1.54) is 45.6 Å². The maximum atomic E-state index is 11.9. The first kappa shape index (κ1) is 15.1. The molecule has 4 fully saturated rings. The van der Waals surface area contributed by atoms with Gasteiger partial charge in [-0.1, -0.05) is 0 Å². The summed E-state index contributed by atoms with van der Waals surface area (Å²) in [5.74, 6) is 2.72. The van der Waals surface area contributed by atoms with E-state index in [1.807, 2.05) is 0 Å². The van der Waals surface area contributed by atoms with Gasteiger partial charge in [0.05, 0.1) is 12.7 Å². The number of ether oxygens (including phenoxy) is 1. The molecule has 5 heteroatoms. The minimum Gasteiger partial charge on any atom is -0.389 e. The van der Waals surface area contributed by atoms with Crippen LogP contribution in [0.5, 0.6) is 0 Å². The van der Waals surface area contributed by atoms with Crippen LogP contribution in [0.3, 0.4) is 0 Å². The summed E-state index contributed by atoms with van der Waals surface area (Å²) in [5, 5.41) is 15.3. The fourth-order valence-corrected chi connectivity index (χ4v) is 5.30. The van der Waals surface area contributed by atoms with Crippen LogP contribution in [0.15, 0.2) is 0 Å². The standard InChI is InChI=1S/C16H28N2O3/c1-21-9-14(19)8-17-15(20)18-10-16-5-11-2-12(6-16)4-13(3-11)7-16/h11-14,19H,2-10H2,1H3,(H2,17,18,20). The molecule has 4 saturated carbocycles. The fraction of sp³-hybridized carbons (Fsp3) is 0.938. The van der Waals surface area contributed by atoms with Crippen LogP contribution in [0.25, 0.3) is 0 Å². The predicted octanol–water partition coefficient (Wildman–Crippen LogP) is 1.51. The maximum Gasteiger partial charge on any atom is 0.314 e. The molecular weight excluding hydrogens is 268 g/mol. The number of methoxy groups -OCH3 is 1. The quantitative estimate of drug-likeness (QED) is 0.696. The van der Waals surface area contributed by atoms with Crippen molar-refractivity contribution in [3.8, 4) is 0 Å². The average Bonchev–Trinajstić information content (AvgIpc) is 2.42. The van der Waals surface area contributed by atoms with Gasteiger partial charge in [0, 0.05) is 20.2 Å². The van der Waals surface area contributed by atoms with Crippen molar-refractivity contribution in [2.75, 3.05) is 26.8 Å². The third kappa shape index (κ3) is 3.51. The predicted molar refractivity (Wildman–Crippen MR) is 79.9 cm³/mol. The topological polar surface area (TPSA) is 70.6 Å². The van der Waals surface area contributed by atoms with E-state index in [9.17, 15) is 9.90 Å². The summed E-state index contributed by atoms with van der Waals surface area (Å²) in [5.41, 5.74) is 0.358. The minimum absolute atomic E-state index is 0.166. The molecule has 0 heterocycles. The highest BCUT2D eigenvalue weighted by Gasteiger charge is 2.50. The smallest absolute Gasteiger partial charge is 0.314 e. The Balaban J connectivity index is 1.43. The van der Waals surface area contributed by atoms with E-state index in [2.05, 4.69) is 10.6 Å². The number of carbonyl (C=O) groups is 1. The Bertz CT molecular complexity index is 350. The van der Waals surface area contributed by atoms with E-state index >= 15 is 0 Å². The SMILES string of the molecule is COCC(O)CNC(=O)NCC12CC3CC(CC(C3)C1)C2. The van der Waals surface area contributed by atoms with Crippen molar-refractivity contribution in [1.82, 2.24) is 10.6 Å². The molecule has 0 aromatic rings. The van der Waals surface area contributed by atoms with Crippen molar-refractivity contribution >= 4 is 6.03 Å². The normalized spacial score (nSPS) is 38.3. The molecule has 0 aliphatic heterocycles. The third-order valence-electron chi connectivity index (χ3n) is 5.65. The van der Waals surface area contributed by atoms with Crippen molar-refractivity contribution in [2.24, 2.45) is 23.2 Å². The molecule has 4 aliphatic rings. The highest BCUT2D eigenvalue weighted by Crippen LogP contribution is 2.59. The van der Waals surface area contributed by atoms with Crippen LogP contribution in [-0.2, 0) is 4.74 Å². The Morgan fingerprint density at radius 3 is 2.29 bits per heavy atom. The molecule has 120 valence electrons. The van der Waals surface area contributed by atoms with Gasteiger partial charge in [0.25, 0.3) is 0 Å². The first-order valence-corrected chi connectivity index (χ1v) is 8.27. The number of aliphatic hydroxyl groups is 1. The maximum absolute atomic E-state index is 11.9. The number of nitrogens with one attached hydrogen (secondary N) is 2. The van der Waals surface area contributed by atoms with Gasteiger partial charge in [0.2, 0.25) is 0 Å². The number of urea groups is 1. The van der Waals surface area contributed by atoms with Crippen LogP contribution >= 0.6 is 0 Å².